The quantitative estimate of drug-likeness (QED) is 0.152. The number of benzene rings is 2. The zero-order valence-electron chi connectivity index (χ0n) is 22.1. The fourth-order valence-electron chi connectivity index (χ4n) is 4.33. The number of carboxylic acid groups (broad SMARTS) is 1. The molecule has 1 aromatic heterocycles. The maximum Gasteiger partial charge on any atom is 0.305 e. The number of aromatic nitrogens is 1. The van der Waals surface area contributed by atoms with Gasteiger partial charge in [0.05, 0.1) is 12.5 Å². The zero-order valence-corrected chi connectivity index (χ0v) is 22.1. The fourth-order valence-corrected chi connectivity index (χ4v) is 4.33. The van der Waals surface area contributed by atoms with Gasteiger partial charge >= 0.3 is 5.97 Å². The molecule has 40 heavy (non-hydrogen) atoms. The Kier molecular flexibility index (Phi) is 10.4. The first-order valence-electron chi connectivity index (χ1n) is 12.9. The highest BCUT2D eigenvalue weighted by Gasteiger charge is 2.31. The molecule has 0 spiro atoms. The molecule has 12 heteroatoms. The lowest BCUT2D eigenvalue weighted by Gasteiger charge is -2.24. The third kappa shape index (κ3) is 7.90. The molecule has 4 atom stereocenters. The monoisotopic (exact) mass is 550 g/mol. The molecule has 212 valence electrons. The van der Waals surface area contributed by atoms with Crippen molar-refractivity contribution in [1.82, 2.24) is 20.9 Å². The molecule has 0 bridgehead atoms. The van der Waals surface area contributed by atoms with Crippen molar-refractivity contribution in [2.45, 2.75) is 56.8 Å². The summed E-state index contributed by atoms with van der Waals surface area (Å²) in [7, 11) is 0. The van der Waals surface area contributed by atoms with Crippen LogP contribution in [0.2, 0.25) is 0 Å². The van der Waals surface area contributed by atoms with Crippen molar-refractivity contribution in [1.29, 1.82) is 0 Å². The minimum atomic E-state index is -1.54. The summed E-state index contributed by atoms with van der Waals surface area (Å²) in [5.41, 5.74) is 13.7. The molecule has 4 amide bonds. The molecule has 0 radical (unpaired) electrons. The molecule has 9 N–H and O–H groups in total. The molecular weight excluding hydrogens is 516 g/mol. The van der Waals surface area contributed by atoms with E-state index in [-0.39, 0.29) is 12.8 Å². The van der Waals surface area contributed by atoms with E-state index < -0.39 is 60.2 Å². The first kappa shape index (κ1) is 29.8. The summed E-state index contributed by atoms with van der Waals surface area (Å²) in [5, 5.41) is 17.7. The SMILES string of the molecule is CCC[C@H](NC(=O)[C@@H](N)Cc1c[nH]c2ccccc12)C(=O)N[C@@H](CC(=O)O)C(=O)N[C@@H](C(N)=O)c1ccccc1. The summed E-state index contributed by atoms with van der Waals surface area (Å²) >= 11 is 0. The molecular formula is C28H34N6O6. The van der Waals surface area contributed by atoms with Crippen LogP contribution in [0.1, 0.15) is 43.4 Å². The van der Waals surface area contributed by atoms with Crippen molar-refractivity contribution in [3.8, 4) is 0 Å². The van der Waals surface area contributed by atoms with Crippen molar-refractivity contribution in [3.63, 3.8) is 0 Å². The number of aliphatic carboxylic acids is 1. The number of H-pyrrole nitrogens is 1. The van der Waals surface area contributed by atoms with Crippen LogP contribution in [0.25, 0.3) is 10.9 Å². The van der Waals surface area contributed by atoms with Crippen molar-refractivity contribution in [2.24, 2.45) is 11.5 Å². The minimum absolute atomic E-state index is 0.215. The Balaban J connectivity index is 1.69. The van der Waals surface area contributed by atoms with E-state index in [0.29, 0.717) is 12.0 Å². The molecule has 0 saturated carbocycles. The van der Waals surface area contributed by atoms with E-state index in [1.165, 1.54) is 0 Å². The highest BCUT2D eigenvalue weighted by molar-refractivity contribution is 5.96. The van der Waals surface area contributed by atoms with Crippen molar-refractivity contribution in [2.75, 3.05) is 0 Å². The van der Waals surface area contributed by atoms with Crippen LogP contribution < -0.4 is 27.4 Å². The summed E-state index contributed by atoms with van der Waals surface area (Å²) in [5.74, 6) is -4.46. The molecule has 0 aliphatic rings. The number of nitrogens with two attached hydrogens (primary N) is 2. The zero-order chi connectivity index (χ0) is 29.2. The van der Waals surface area contributed by atoms with Crippen LogP contribution >= 0.6 is 0 Å². The van der Waals surface area contributed by atoms with Gasteiger partial charge in [-0.25, -0.2) is 0 Å². The smallest absolute Gasteiger partial charge is 0.305 e. The summed E-state index contributed by atoms with van der Waals surface area (Å²) in [6.07, 6.45) is 1.95. The van der Waals surface area contributed by atoms with E-state index >= 15 is 0 Å². The maximum atomic E-state index is 13.1. The molecule has 0 unspecified atom stereocenters. The Labute approximate surface area is 230 Å². The number of hydrogen-bond acceptors (Lipinski definition) is 6. The van der Waals surface area contributed by atoms with Crippen LogP contribution in [0.5, 0.6) is 0 Å². The largest absolute Gasteiger partial charge is 0.481 e. The van der Waals surface area contributed by atoms with Gasteiger partial charge in [0.15, 0.2) is 0 Å². The molecule has 0 aliphatic carbocycles. The lowest BCUT2D eigenvalue weighted by Crippen LogP contribution is -2.57. The second-order valence-electron chi connectivity index (χ2n) is 9.43. The number of para-hydroxylation sites is 1. The van der Waals surface area contributed by atoms with Crippen LogP contribution in [-0.2, 0) is 30.4 Å². The first-order chi connectivity index (χ1) is 19.1. The van der Waals surface area contributed by atoms with E-state index in [9.17, 15) is 29.1 Å². The van der Waals surface area contributed by atoms with E-state index in [4.69, 9.17) is 11.5 Å². The number of carbonyl (C=O) groups is 5. The topological polar surface area (TPSA) is 209 Å². The fraction of sp³-hybridized carbons (Fsp3) is 0.321. The molecule has 1 heterocycles. The Morgan fingerprint density at radius 2 is 1.50 bits per heavy atom. The summed E-state index contributed by atoms with van der Waals surface area (Å²) in [6, 6.07) is 10.9. The molecule has 0 aliphatic heterocycles. The number of carbonyl (C=O) groups excluding carboxylic acids is 4. The molecule has 3 aromatic rings. The summed E-state index contributed by atoms with van der Waals surface area (Å²) in [4.78, 5) is 65.7. The van der Waals surface area contributed by atoms with Gasteiger partial charge in [0.2, 0.25) is 23.6 Å². The molecule has 12 nitrogen and oxygen atoms in total. The number of carboxylic acids is 1. The van der Waals surface area contributed by atoms with Gasteiger partial charge in [-0.05, 0) is 30.0 Å². The van der Waals surface area contributed by atoms with Crippen LogP contribution in [0.4, 0.5) is 0 Å². The van der Waals surface area contributed by atoms with Gasteiger partial charge in [-0.2, -0.15) is 0 Å². The maximum absolute atomic E-state index is 13.1. The summed E-state index contributed by atoms with van der Waals surface area (Å²) in [6.45, 7) is 1.80. The van der Waals surface area contributed by atoms with Gasteiger partial charge in [-0.1, -0.05) is 61.9 Å². The second kappa shape index (κ2) is 13.9. The van der Waals surface area contributed by atoms with Crippen molar-refractivity contribution in [3.05, 3.63) is 71.9 Å². The molecule has 3 rings (SSSR count). The Morgan fingerprint density at radius 1 is 0.875 bits per heavy atom. The Hall–Kier alpha value is -4.71. The first-order valence-corrected chi connectivity index (χ1v) is 12.9. The van der Waals surface area contributed by atoms with Crippen molar-refractivity contribution < 1.29 is 29.1 Å². The summed E-state index contributed by atoms with van der Waals surface area (Å²) < 4.78 is 0. The minimum Gasteiger partial charge on any atom is -0.481 e. The number of rotatable bonds is 14. The number of nitrogens with one attached hydrogen (secondary N) is 4. The Bertz CT molecular complexity index is 1360. The van der Waals surface area contributed by atoms with E-state index in [0.717, 1.165) is 16.5 Å². The molecule has 0 saturated heterocycles. The van der Waals surface area contributed by atoms with Gasteiger partial charge in [0.25, 0.3) is 0 Å². The van der Waals surface area contributed by atoms with Gasteiger partial charge < -0.3 is 37.5 Å². The van der Waals surface area contributed by atoms with Crippen LogP contribution in [0.3, 0.4) is 0 Å². The third-order valence-electron chi connectivity index (χ3n) is 6.38. The van der Waals surface area contributed by atoms with Gasteiger partial charge in [-0.15, -0.1) is 0 Å². The normalized spacial score (nSPS) is 13.9. The van der Waals surface area contributed by atoms with Crippen LogP contribution in [-0.4, -0.2) is 57.8 Å². The van der Waals surface area contributed by atoms with Gasteiger partial charge in [-0.3, -0.25) is 24.0 Å². The lowest BCUT2D eigenvalue weighted by molar-refractivity contribution is -0.141. The average Bonchev–Trinajstić information content (AvgIpc) is 3.33. The number of fused-ring (bicyclic) bond motifs is 1. The van der Waals surface area contributed by atoms with Crippen LogP contribution in [0, 0.1) is 0 Å². The number of primary amides is 1. The number of amides is 4. The van der Waals surface area contributed by atoms with E-state index in [1.54, 1.807) is 43.5 Å². The Morgan fingerprint density at radius 3 is 2.15 bits per heavy atom. The van der Waals surface area contributed by atoms with Gasteiger partial charge in [0.1, 0.15) is 18.1 Å². The predicted octanol–water partition coefficient (Wildman–Crippen LogP) is 0.625. The lowest BCUT2D eigenvalue weighted by atomic mass is 10.0. The predicted molar refractivity (Wildman–Crippen MR) is 148 cm³/mol. The van der Waals surface area contributed by atoms with Crippen LogP contribution in [0.15, 0.2) is 60.8 Å². The number of aromatic amines is 1. The highest BCUT2D eigenvalue weighted by atomic mass is 16.4. The number of hydrogen-bond donors (Lipinski definition) is 7. The van der Waals surface area contributed by atoms with Gasteiger partial charge in [0, 0.05) is 17.1 Å². The van der Waals surface area contributed by atoms with E-state index in [2.05, 4.69) is 20.9 Å². The van der Waals surface area contributed by atoms with E-state index in [1.807, 2.05) is 24.3 Å². The molecule has 0 fully saturated rings. The molecule has 2 aromatic carbocycles. The highest BCUT2D eigenvalue weighted by Crippen LogP contribution is 2.19. The average molecular weight is 551 g/mol. The standard InChI is InChI=1S/C28H34N6O6/c1-2-8-21(32-26(38)19(29)13-17-15-31-20-12-7-6-11-18(17)20)27(39)33-22(14-23(35)36)28(40)34-24(25(30)37)16-9-4-3-5-10-16/h3-7,9-12,15,19,21-22,24,31H,2,8,13-14,29H2,1H3,(H2,30,37)(H,32,38)(H,33,39)(H,34,40)(H,35,36)/t19-,21-,22-,24+/m0/s1. The van der Waals surface area contributed by atoms with Crippen molar-refractivity contribution >= 4 is 40.5 Å². The second-order valence-corrected chi connectivity index (χ2v) is 9.43. The third-order valence-corrected chi connectivity index (χ3v) is 6.38.